The maximum absolute atomic E-state index is 12.8. The molecule has 0 spiro atoms. The molecule has 0 fully saturated rings. The number of carbonyl (C=O) groups is 2. The van der Waals surface area contributed by atoms with E-state index < -0.39 is 15.5 Å². The molecule has 0 saturated heterocycles. The zero-order valence-electron chi connectivity index (χ0n) is 16.9. The first kappa shape index (κ1) is 21.8. The molecule has 1 heterocycles. The van der Waals surface area contributed by atoms with Crippen molar-refractivity contribution in [2.24, 2.45) is 5.10 Å². The number of hydrazone groups is 1. The number of amides is 2. The van der Waals surface area contributed by atoms with Crippen LogP contribution in [0.5, 0.6) is 5.75 Å². The highest BCUT2D eigenvalue weighted by Gasteiger charge is 2.35. The van der Waals surface area contributed by atoms with Crippen molar-refractivity contribution < 1.29 is 22.2 Å². The van der Waals surface area contributed by atoms with E-state index in [1.165, 1.54) is 31.0 Å². The van der Waals surface area contributed by atoms with Gasteiger partial charge in [0.15, 0.2) is 5.17 Å². The van der Waals surface area contributed by atoms with Gasteiger partial charge in [0.25, 0.3) is 0 Å². The monoisotopic (exact) mass is 447 g/mol. The number of aryl methyl sites for hydroxylation is 2. The van der Waals surface area contributed by atoms with Gasteiger partial charge in [-0.3, -0.25) is 9.59 Å². The molecular weight excluding hydrogens is 426 g/mol. The summed E-state index contributed by atoms with van der Waals surface area (Å²) in [6.45, 7) is 6.38. The maximum atomic E-state index is 12.8. The van der Waals surface area contributed by atoms with Crippen molar-refractivity contribution in [1.29, 1.82) is 0 Å². The van der Waals surface area contributed by atoms with Crippen molar-refractivity contribution in [3.8, 4) is 5.75 Å². The Morgan fingerprint density at radius 3 is 2.30 bits per heavy atom. The lowest BCUT2D eigenvalue weighted by atomic mass is 10.1. The number of rotatable bonds is 4. The second-order valence-corrected chi connectivity index (χ2v) is 9.43. The highest BCUT2D eigenvalue weighted by molar-refractivity contribution is 8.14. The van der Waals surface area contributed by atoms with Crippen LogP contribution >= 0.6 is 11.8 Å². The third kappa shape index (κ3) is 4.82. The van der Waals surface area contributed by atoms with Crippen LogP contribution in [0.3, 0.4) is 0 Å². The molecular formula is C20H21N3O5S2. The van der Waals surface area contributed by atoms with Crippen LogP contribution in [0.25, 0.3) is 0 Å². The molecule has 1 aliphatic heterocycles. The van der Waals surface area contributed by atoms with Crippen molar-refractivity contribution in [1.82, 2.24) is 10.3 Å². The highest BCUT2D eigenvalue weighted by Crippen LogP contribution is 2.43. The lowest BCUT2D eigenvalue weighted by Gasteiger charge is -2.22. The summed E-state index contributed by atoms with van der Waals surface area (Å²) in [5, 5.41) is 7.46. The molecule has 1 aliphatic rings. The Kier molecular flexibility index (Phi) is 6.18. The minimum absolute atomic E-state index is 0.0253. The second kappa shape index (κ2) is 8.49. The zero-order valence-corrected chi connectivity index (χ0v) is 18.5. The predicted octanol–water partition coefficient (Wildman–Crippen LogP) is 3.07. The number of nitrogens with one attached hydrogen (secondary N) is 1. The second-order valence-electron chi connectivity index (χ2n) is 6.81. The van der Waals surface area contributed by atoms with Gasteiger partial charge in [0.2, 0.25) is 11.8 Å². The Bertz CT molecular complexity index is 1130. The number of thioether (sulfide) groups is 1. The van der Waals surface area contributed by atoms with E-state index in [-0.39, 0.29) is 27.6 Å². The van der Waals surface area contributed by atoms with E-state index in [1.807, 2.05) is 13.8 Å². The molecule has 2 amide bonds. The molecule has 0 aliphatic carbocycles. The molecule has 0 aromatic heterocycles. The Morgan fingerprint density at radius 2 is 1.70 bits per heavy atom. The van der Waals surface area contributed by atoms with E-state index in [0.29, 0.717) is 5.56 Å². The topological polar surface area (TPSA) is 105 Å². The van der Waals surface area contributed by atoms with Crippen LogP contribution in [0.1, 0.15) is 35.9 Å². The normalized spacial score (nSPS) is 16.2. The average molecular weight is 448 g/mol. The smallest absolute Gasteiger partial charge is 0.339 e. The Hall–Kier alpha value is -2.85. The van der Waals surface area contributed by atoms with E-state index in [9.17, 15) is 18.0 Å². The fourth-order valence-electron chi connectivity index (χ4n) is 2.77. The van der Waals surface area contributed by atoms with E-state index in [0.717, 1.165) is 22.9 Å². The first-order valence-electron chi connectivity index (χ1n) is 9.01. The predicted molar refractivity (Wildman–Crippen MR) is 114 cm³/mol. The third-order valence-electron chi connectivity index (χ3n) is 4.19. The summed E-state index contributed by atoms with van der Waals surface area (Å²) >= 11 is 1.12. The van der Waals surface area contributed by atoms with Gasteiger partial charge in [0, 0.05) is 19.4 Å². The van der Waals surface area contributed by atoms with Crippen molar-refractivity contribution in [2.75, 3.05) is 0 Å². The minimum Gasteiger partial charge on any atom is -0.379 e. The fraction of sp³-hybridized carbons (Fsp3) is 0.250. The molecule has 8 nitrogen and oxygen atoms in total. The average Bonchev–Trinajstić information content (AvgIpc) is 3.06. The molecule has 2 aromatic rings. The molecule has 0 radical (unpaired) electrons. The van der Waals surface area contributed by atoms with Crippen LogP contribution in [0, 0.1) is 13.8 Å². The van der Waals surface area contributed by atoms with Crippen molar-refractivity contribution in [2.45, 2.75) is 38.0 Å². The largest absolute Gasteiger partial charge is 0.379 e. The van der Waals surface area contributed by atoms with Crippen LogP contribution in [-0.2, 0) is 19.7 Å². The number of amidine groups is 1. The van der Waals surface area contributed by atoms with Crippen molar-refractivity contribution in [3.05, 3.63) is 59.2 Å². The number of nitrogens with zero attached hydrogens (tertiary/aromatic N) is 2. The molecule has 0 unspecified atom stereocenters. The zero-order chi connectivity index (χ0) is 22.1. The van der Waals surface area contributed by atoms with E-state index in [2.05, 4.69) is 10.4 Å². The standard InChI is InChI=1S/C20H21N3O5S2/c1-12-5-8-16(9-6-12)30(26,27)28-18-10-7-13(2)11-17(18)19-23(15(4)25)22-20(29-19)21-14(3)24/h5-11,19H,1-4H3,(H,21,22,24)/t19-/m0/s1. The lowest BCUT2D eigenvalue weighted by molar-refractivity contribution is -0.129. The van der Waals surface area contributed by atoms with Gasteiger partial charge < -0.3 is 9.50 Å². The van der Waals surface area contributed by atoms with Crippen molar-refractivity contribution in [3.63, 3.8) is 0 Å². The molecule has 1 N–H and O–H groups in total. The van der Waals surface area contributed by atoms with Gasteiger partial charge in [-0.25, -0.2) is 5.01 Å². The van der Waals surface area contributed by atoms with Gasteiger partial charge >= 0.3 is 10.1 Å². The van der Waals surface area contributed by atoms with E-state index >= 15 is 0 Å². The van der Waals surface area contributed by atoms with E-state index in [4.69, 9.17) is 4.18 Å². The quantitative estimate of drug-likeness (QED) is 0.722. The molecule has 0 saturated carbocycles. The first-order valence-corrected chi connectivity index (χ1v) is 11.3. The molecule has 3 rings (SSSR count). The molecule has 10 heteroatoms. The van der Waals surface area contributed by atoms with Gasteiger partial charge in [-0.05, 0) is 38.1 Å². The molecule has 158 valence electrons. The van der Waals surface area contributed by atoms with Crippen LogP contribution in [-0.4, -0.2) is 30.4 Å². The van der Waals surface area contributed by atoms with Gasteiger partial charge in [-0.15, -0.1) is 5.10 Å². The Morgan fingerprint density at radius 1 is 1.07 bits per heavy atom. The summed E-state index contributed by atoms with van der Waals surface area (Å²) in [6.07, 6.45) is 0. The molecule has 0 bridgehead atoms. The van der Waals surface area contributed by atoms with Crippen LogP contribution in [0.4, 0.5) is 0 Å². The molecule has 30 heavy (non-hydrogen) atoms. The minimum atomic E-state index is -4.09. The summed E-state index contributed by atoms with van der Waals surface area (Å²) in [6, 6.07) is 11.3. The number of benzene rings is 2. The van der Waals surface area contributed by atoms with Gasteiger partial charge in [-0.2, -0.15) is 8.42 Å². The summed E-state index contributed by atoms with van der Waals surface area (Å²) < 4.78 is 31.0. The molecule has 1 atom stereocenters. The van der Waals surface area contributed by atoms with Crippen LogP contribution in [0.2, 0.25) is 0 Å². The third-order valence-corrected chi connectivity index (χ3v) is 6.52. The van der Waals surface area contributed by atoms with Crippen LogP contribution < -0.4 is 9.50 Å². The maximum Gasteiger partial charge on any atom is 0.339 e. The fourth-order valence-corrected chi connectivity index (χ4v) is 4.88. The molecule has 2 aromatic carbocycles. The summed E-state index contributed by atoms with van der Waals surface area (Å²) in [7, 11) is -4.09. The van der Waals surface area contributed by atoms with Crippen LogP contribution in [0.15, 0.2) is 52.5 Å². The number of hydrogen-bond acceptors (Lipinski definition) is 7. The SMILES string of the molecule is CC(=O)NC1=NN(C(C)=O)[C@H](c2cc(C)ccc2OS(=O)(=O)c2ccc(C)cc2)S1. The highest BCUT2D eigenvalue weighted by atomic mass is 32.2. The number of hydrogen-bond donors (Lipinski definition) is 1. The van der Waals surface area contributed by atoms with Crippen molar-refractivity contribution >= 4 is 38.9 Å². The van der Waals surface area contributed by atoms with Gasteiger partial charge in [0.05, 0.1) is 0 Å². The summed E-state index contributed by atoms with van der Waals surface area (Å²) in [5.41, 5.74) is 2.23. The number of carbonyl (C=O) groups excluding carboxylic acids is 2. The Labute approximate surface area is 179 Å². The van der Waals surface area contributed by atoms with Gasteiger partial charge in [-0.1, -0.05) is 41.1 Å². The lowest BCUT2D eigenvalue weighted by Crippen LogP contribution is -2.25. The van der Waals surface area contributed by atoms with E-state index in [1.54, 1.807) is 30.3 Å². The Balaban J connectivity index is 1.98. The summed E-state index contributed by atoms with van der Waals surface area (Å²) in [5.74, 6) is -0.598. The first-order chi connectivity index (χ1) is 14.1. The summed E-state index contributed by atoms with van der Waals surface area (Å²) in [4.78, 5) is 23.6. The van der Waals surface area contributed by atoms with Gasteiger partial charge in [0.1, 0.15) is 16.0 Å².